The van der Waals surface area contributed by atoms with Crippen LogP contribution in [0.25, 0.3) is 11.5 Å². The predicted molar refractivity (Wildman–Crippen MR) is 96.7 cm³/mol. The third-order valence-electron chi connectivity index (χ3n) is 3.23. The number of hydrogen-bond donors (Lipinski definition) is 1. The van der Waals surface area contributed by atoms with Crippen LogP contribution in [-0.2, 0) is 11.2 Å². The zero-order valence-corrected chi connectivity index (χ0v) is 16.1. The van der Waals surface area contributed by atoms with Crippen molar-refractivity contribution in [1.82, 2.24) is 19.9 Å². The van der Waals surface area contributed by atoms with Crippen molar-refractivity contribution in [2.24, 2.45) is 0 Å². The number of imidazole rings is 1. The molecule has 24 heavy (non-hydrogen) atoms. The third-order valence-corrected chi connectivity index (χ3v) is 3.72. The van der Waals surface area contributed by atoms with E-state index in [2.05, 4.69) is 30.9 Å². The molecule has 2 aromatic heterocycles. The van der Waals surface area contributed by atoms with Gasteiger partial charge in [0.1, 0.15) is 11.3 Å². The molecule has 0 radical (unpaired) electrons. The standard InChI is InChI=1S/C17H23BrN4O2/c1-17(2,3)24-16(23)22(4)9-5-6-13-11-20-15(21-13)14-10-12(18)7-8-19-14/h7-8,10-11H,5-6,9H2,1-4H3,(H,20,21). The highest BCUT2D eigenvalue weighted by molar-refractivity contribution is 9.10. The molecule has 0 saturated carbocycles. The molecule has 130 valence electrons. The Kier molecular flexibility index (Phi) is 5.99. The summed E-state index contributed by atoms with van der Waals surface area (Å²) in [4.78, 5) is 25.5. The van der Waals surface area contributed by atoms with Crippen molar-refractivity contribution in [1.29, 1.82) is 0 Å². The summed E-state index contributed by atoms with van der Waals surface area (Å²) in [5, 5.41) is 0. The van der Waals surface area contributed by atoms with Gasteiger partial charge in [0.25, 0.3) is 0 Å². The zero-order chi connectivity index (χ0) is 17.7. The van der Waals surface area contributed by atoms with Gasteiger partial charge in [-0.1, -0.05) is 15.9 Å². The Morgan fingerprint density at radius 2 is 2.17 bits per heavy atom. The fourth-order valence-electron chi connectivity index (χ4n) is 2.08. The lowest BCUT2D eigenvalue weighted by molar-refractivity contribution is 0.0297. The van der Waals surface area contributed by atoms with Crippen LogP contribution in [0.15, 0.2) is 29.0 Å². The molecule has 0 aliphatic heterocycles. The quantitative estimate of drug-likeness (QED) is 0.830. The minimum atomic E-state index is -0.473. The largest absolute Gasteiger partial charge is 0.444 e. The first kappa shape index (κ1) is 18.4. The topological polar surface area (TPSA) is 71.1 Å². The van der Waals surface area contributed by atoms with Crippen LogP contribution in [0.2, 0.25) is 0 Å². The number of nitrogens with zero attached hydrogens (tertiary/aromatic N) is 3. The second-order valence-corrected chi connectivity index (χ2v) is 7.52. The van der Waals surface area contributed by atoms with Crippen molar-refractivity contribution in [2.45, 2.75) is 39.2 Å². The average Bonchev–Trinajstić information content (AvgIpc) is 2.94. The van der Waals surface area contributed by atoms with Crippen LogP contribution in [0.5, 0.6) is 0 Å². The number of hydrogen-bond acceptors (Lipinski definition) is 4. The third kappa shape index (κ3) is 5.63. The summed E-state index contributed by atoms with van der Waals surface area (Å²) < 4.78 is 6.29. The molecule has 0 saturated heterocycles. The average molecular weight is 395 g/mol. The van der Waals surface area contributed by atoms with Crippen LogP contribution >= 0.6 is 15.9 Å². The van der Waals surface area contributed by atoms with Gasteiger partial charge in [0.05, 0.1) is 5.69 Å². The highest BCUT2D eigenvalue weighted by Crippen LogP contribution is 2.18. The normalized spacial score (nSPS) is 11.4. The summed E-state index contributed by atoms with van der Waals surface area (Å²) >= 11 is 3.43. The van der Waals surface area contributed by atoms with Crippen molar-refractivity contribution in [3.63, 3.8) is 0 Å². The van der Waals surface area contributed by atoms with Crippen LogP contribution in [0, 0.1) is 0 Å². The van der Waals surface area contributed by atoms with Gasteiger partial charge < -0.3 is 14.6 Å². The van der Waals surface area contributed by atoms with E-state index in [0.29, 0.717) is 6.54 Å². The zero-order valence-electron chi connectivity index (χ0n) is 14.5. The first-order chi connectivity index (χ1) is 11.2. The molecule has 0 spiro atoms. The van der Waals surface area contributed by atoms with Gasteiger partial charge in [-0.2, -0.15) is 0 Å². The Bertz CT molecular complexity index is 694. The number of aryl methyl sites for hydroxylation is 1. The molecule has 1 amide bonds. The second-order valence-electron chi connectivity index (χ2n) is 6.61. The number of H-pyrrole nitrogens is 1. The van der Waals surface area contributed by atoms with Gasteiger partial charge in [-0.05, 0) is 45.7 Å². The van der Waals surface area contributed by atoms with E-state index in [1.807, 2.05) is 39.1 Å². The van der Waals surface area contributed by atoms with Gasteiger partial charge in [-0.3, -0.25) is 4.98 Å². The number of aromatic amines is 1. The monoisotopic (exact) mass is 394 g/mol. The van der Waals surface area contributed by atoms with E-state index >= 15 is 0 Å². The maximum atomic E-state index is 11.9. The van der Waals surface area contributed by atoms with E-state index < -0.39 is 5.60 Å². The highest BCUT2D eigenvalue weighted by atomic mass is 79.9. The predicted octanol–water partition coefficient (Wildman–Crippen LogP) is 4.03. The summed E-state index contributed by atoms with van der Waals surface area (Å²) in [6, 6.07) is 3.79. The molecule has 0 aromatic carbocycles. The smallest absolute Gasteiger partial charge is 0.410 e. The summed E-state index contributed by atoms with van der Waals surface area (Å²) in [6.45, 7) is 6.20. The van der Waals surface area contributed by atoms with Crippen LogP contribution in [0.4, 0.5) is 4.79 Å². The van der Waals surface area contributed by atoms with Gasteiger partial charge in [0, 0.05) is 30.5 Å². The molecule has 0 aliphatic carbocycles. The van der Waals surface area contributed by atoms with Crippen LogP contribution in [-0.4, -0.2) is 45.1 Å². The summed E-state index contributed by atoms with van der Waals surface area (Å²) in [7, 11) is 1.75. The number of carbonyl (C=O) groups excluding carboxylic acids is 1. The van der Waals surface area contributed by atoms with Crippen molar-refractivity contribution in [3.05, 3.63) is 34.7 Å². The van der Waals surface area contributed by atoms with Gasteiger partial charge in [0.2, 0.25) is 0 Å². The van der Waals surface area contributed by atoms with E-state index in [-0.39, 0.29) is 6.09 Å². The van der Waals surface area contributed by atoms with Crippen LogP contribution in [0.1, 0.15) is 32.9 Å². The Balaban J connectivity index is 1.84. The number of nitrogens with one attached hydrogen (secondary N) is 1. The Hall–Kier alpha value is -1.89. The van der Waals surface area contributed by atoms with Gasteiger partial charge in [-0.25, -0.2) is 9.78 Å². The fraction of sp³-hybridized carbons (Fsp3) is 0.471. The molecule has 2 rings (SSSR count). The summed E-state index contributed by atoms with van der Waals surface area (Å²) in [5.74, 6) is 0.742. The Labute approximate surface area is 150 Å². The minimum absolute atomic E-state index is 0.302. The van der Waals surface area contributed by atoms with Crippen LogP contribution in [0.3, 0.4) is 0 Å². The lowest BCUT2D eigenvalue weighted by atomic mass is 10.2. The summed E-state index contributed by atoms with van der Waals surface area (Å²) in [6.07, 6.45) is 4.90. The molecule has 0 fully saturated rings. The fourth-order valence-corrected chi connectivity index (χ4v) is 2.42. The molecule has 2 heterocycles. The maximum absolute atomic E-state index is 11.9. The van der Waals surface area contributed by atoms with E-state index in [9.17, 15) is 4.79 Å². The first-order valence-corrected chi connectivity index (χ1v) is 8.64. The molecular formula is C17H23BrN4O2. The second kappa shape index (κ2) is 7.79. The molecule has 2 aromatic rings. The Morgan fingerprint density at radius 3 is 2.83 bits per heavy atom. The number of aromatic nitrogens is 3. The summed E-state index contributed by atoms with van der Waals surface area (Å²) in [5.41, 5.74) is 1.27. The molecule has 0 bridgehead atoms. The number of pyridine rings is 1. The van der Waals surface area contributed by atoms with E-state index in [1.54, 1.807) is 18.1 Å². The SMILES string of the molecule is CN(CCCc1c[nH]c(-c2cc(Br)ccn2)n1)C(=O)OC(C)(C)C. The Morgan fingerprint density at radius 1 is 1.42 bits per heavy atom. The molecule has 0 atom stereocenters. The van der Waals surface area contributed by atoms with Gasteiger partial charge in [0.15, 0.2) is 5.82 Å². The van der Waals surface area contributed by atoms with Crippen LogP contribution < -0.4 is 0 Å². The van der Waals surface area contributed by atoms with Crippen molar-refractivity contribution >= 4 is 22.0 Å². The number of ether oxygens (including phenoxy) is 1. The highest BCUT2D eigenvalue weighted by Gasteiger charge is 2.19. The lowest BCUT2D eigenvalue weighted by Crippen LogP contribution is -2.34. The molecule has 6 nitrogen and oxygen atoms in total. The van der Waals surface area contributed by atoms with E-state index in [4.69, 9.17) is 4.74 Å². The number of amides is 1. The first-order valence-electron chi connectivity index (χ1n) is 7.85. The van der Waals surface area contributed by atoms with Crippen molar-refractivity contribution < 1.29 is 9.53 Å². The van der Waals surface area contributed by atoms with Gasteiger partial charge in [-0.15, -0.1) is 0 Å². The molecule has 0 unspecified atom stereocenters. The molecule has 0 aliphatic rings. The van der Waals surface area contributed by atoms with Gasteiger partial charge >= 0.3 is 6.09 Å². The number of rotatable bonds is 5. The molecule has 1 N–H and O–H groups in total. The van der Waals surface area contributed by atoms with Crippen molar-refractivity contribution in [2.75, 3.05) is 13.6 Å². The molecular weight excluding hydrogens is 372 g/mol. The number of halogens is 1. The van der Waals surface area contributed by atoms with E-state index in [1.165, 1.54) is 0 Å². The van der Waals surface area contributed by atoms with E-state index in [0.717, 1.165) is 34.5 Å². The number of carbonyl (C=O) groups is 1. The maximum Gasteiger partial charge on any atom is 0.410 e. The van der Waals surface area contributed by atoms with Crippen molar-refractivity contribution in [3.8, 4) is 11.5 Å². The molecule has 7 heteroatoms. The minimum Gasteiger partial charge on any atom is -0.444 e. The lowest BCUT2D eigenvalue weighted by Gasteiger charge is -2.24.